The third kappa shape index (κ3) is 7.28. The second-order valence-electron chi connectivity index (χ2n) is 8.85. The number of hydrogen-bond acceptors (Lipinski definition) is 5. The van der Waals surface area contributed by atoms with E-state index in [1.807, 2.05) is 36.1 Å². The molecule has 1 fully saturated rings. The van der Waals surface area contributed by atoms with Crippen molar-refractivity contribution in [1.29, 1.82) is 0 Å². The van der Waals surface area contributed by atoms with Crippen LogP contribution in [-0.4, -0.2) is 52.7 Å². The van der Waals surface area contributed by atoms with Gasteiger partial charge in [0, 0.05) is 25.2 Å². The number of rotatable bonds is 9. The molecule has 1 saturated heterocycles. The van der Waals surface area contributed by atoms with Crippen molar-refractivity contribution < 1.29 is 21.6 Å². The molecule has 1 heterocycles. The van der Waals surface area contributed by atoms with E-state index in [1.54, 1.807) is 25.1 Å². The summed E-state index contributed by atoms with van der Waals surface area (Å²) in [5.41, 5.74) is 3.73. The maximum Gasteiger partial charge on any atom is 0.253 e. The number of nitrogens with one attached hydrogen (secondary N) is 2. The predicted molar refractivity (Wildman–Crippen MR) is 135 cm³/mol. The van der Waals surface area contributed by atoms with E-state index in [0.29, 0.717) is 36.7 Å². The van der Waals surface area contributed by atoms with Crippen LogP contribution in [0.15, 0.2) is 42.5 Å². The Morgan fingerprint density at radius 3 is 2.26 bits per heavy atom. The zero-order valence-electron chi connectivity index (χ0n) is 19.9. The van der Waals surface area contributed by atoms with Gasteiger partial charge < -0.3 is 4.90 Å². The monoisotopic (exact) mass is 507 g/mol. The van der Waals surface area contributed by atoms with Crippen molar-refractivity contribution in [1.82, 2.24) is 9.62 Å². The Labute approximate surface area is 202 Å². The first-order valence-electron chi connectivity index (χ1n) is 11.4. The number of amides is 1. The van der Waals surface area contributed by atoms with Gasteiger partial charge in [0.05, 0.1) is 17.7 Å². The predicted octanol–water partition coefficient (Wildman–Crippen LogP) is 3.22. The van der Waals surface area contributed by atoms with Crippen LogP contribution < -0.4 is 9.44 Å². The maximum atomic E-state index is 13.0. The van der Waals surface area contributed by atoms with Crippen LogP contribution in [0.5, 0.6) is 0 Å². The molecule has 2 N–H and O–H groups in total. The maximum absolute atomic E-state index is 13.0. The summed E-state index contributed by atoms with van der Waals surface area (Å²) in [6.07, 6.45) is 3.32. The van der Waals surface area contributed by atoms with Gasteiger partial charge in [-0.3, -0.25) is 9.52 Å². The number of sulfonamides is 2. The zero-order chi connectivity index (χ0) is 24.9. The van der Waals surface area contributed by atoms with E-state index in [2.05, 4.69) is 9.44 Å². The number of piperidine rings is 1. The lowest BCUT2D eigenvalue weighted by atomic mass is 9.88. The normalized spacial score (nSPS) is 15.3. The number of carbonyl (C=O) groups excluding carboxylic acids is 1. The van der Waals surface area contributed by atoms with Gasteiger partial charge in [0.2, 0.25) is 20.0 Å². The quantitative estimate of drug-likeness (QED) is 0.541. The Balaban J connectivity index is 1.58. The molecule has 2 aromatic carbocycles. The molecular formula is C24H33N3O5S2. The van der Waals surface area contributed by atoms with Crippen molar-refractivity contribution in [2.45, 2.75) is 45.6 Å². The zero-order valence-corrected chi connectivity index (χ0v) is 21.5. The lowest BCUT2D eigenvalue weighted by Crippen LogP contribution is -2.38. The van der Waals surface area contributed by atoms with Crippen molar-refractivity contribution in [3.63, 3.8) is 0 Å². The molecule has 34 heavy (non-hydrogen) atoms. The molecule has 0 bridgehead atoms. The van der Waals surface area contributed by atoms with Gasteiger partial charge in [-0.2, -0.15) is 0 Å². The van der Waals surface area contributed by atoms with E-state index in [-0.39, 0.29) is 18.2 Å². The summed E-state index contributed by atoms with van der Waals surface area (Å²) in [6, 6.07) is 13.0. The fraction of sp³-hybridized carbons (Fsp3) is 0.458. The fourth-order valence-electron chi connectivity index (χ4n) is 4.11. The molecule has 0 spiro atoms. The number of benzene rings is 2. The molecule has 0 atom stereocenters. The van der Waals surface area contributed by atoms with E-state index in [4.69, 9.17) is 0 Å². The molecule has 0 radical (unpaired) electrons. The molecule has 0 aliphatic carbocycles. The van der Waals surface area contributed by atoms with Crippen LogP contribution >= 0.6 is 0 Å². The lowest BCUT2D eigenvalue weighted by molar-refractivity contribution is 0.0713. The van der Waals surface area contributed by atoms with Gasteiger partial charge in [-0.1, -0.05) is 37.3 Å². The summed E-state index contributed by atoms with van der Waals surface area (Å²) in [4.78, 5) is 14.8. The van der Waals surface area contributed by atoms with Crippen molar-refractivity contribution in [2.75, 3.05) is 29.8 Å². The SMILES string of the molecule is CCCS(=O)(=O)NCc1ccc(C2CCN(C(=O)c3ccc(C)c(NS(C)(=O)=O)c3)CC2)cc1. The number of aryl methyl sites for hydroxylation is 1. The van der Waals surface area contributed by atoms with Crippen molar-refractivity contribution in [3.05, 3.63) is 64.7 Å². The van der Waals surface area contributed by atoms with Crippen molar-refractivity contribution >= 4 is 31.6 Å². The van der Waals surface area contributed by atoms with Crippen LogP contribution in [0, 0.1) is 6.92 Å². The molecule has 1 amide bonds. The first-order chi connectivity index (χ1) is 16.0. The molecule has 0 aromatic heterocycles. The third-order valence-corrected chi connectivity index (χ3v) is 8.10. The van der Waals surface area contributed by atoms with E-state index in [1.165, 1.54) is 5.56 Å². The van der Waals surface area contributed by atoms with Crippen LogP contribution in [0.2, 0.25) is 0 Å². The van der Waals surface area contributed by atoms with Gasteiger partial charge in [0.25, 0.3) is 5.91 Å². The van der Waals surface area contributed by atoms with Gasteiger partial charge in [-0.15, -0.1) is 0 Å². The molecule has 0 saturated carbocycles. The Bertz CT molecular complexity index is 1220. The molecular weight excluding hydrogens is 474 g/mol. The summed E-state index contributed by atoms with van der Waals surface area (Å²) in [5, 5.41) is 0. The molecule has 2 aromatic rings. The van der Waals surface area contributed by atoms with Crippen LogP contribution in [0.25, 0.3) is 0 Å². The van der Waals surface area contributed by atoms with E-state index in [0.717, 1.165) is 30.2 Å². The summed E-state index contributed by atoms with van der Waals surface area (Å²) in [5.74, 6) is 0.348. The van der Waals surface area contributed by atoms with Gasteiger partial charge in [0.1, 0.15) is 0 Å². The van der Waals surface area contributed by atoms with Crippen LogP contribution in [0.1, 0.15) is 59.2 Å². The van der Waals surface area contributed by atoms with E-state index in [9.17, 15) is 21.6 Å². The highest BCUT2D eigenvalue weighted by Crippen LogP contribution is 2.29. The Morgan fingerprint density at radius 2 is 1.68 bits per heavy atom. The fourth-order valence-corrected chi connectivity index (χ4v) is 5.79. The summed E-state index contributed by atoms with van der Waals surface area (Å²) >= 11 is 0. The molecule has 0 unspecified atom stereocenters. The van der Waals surface area contributed by atoms with Crippen LogP contribution in [0.4, 0.5) is 5.69 Å². The minimum Gasteiger partial charge on any atom is -0.339 e. The van der Waals surface area contributed by atoms with Crippen LogP contribution in [0.3, 0.4) is 0 Å². The summed E-state index contributed by atoms with van der Waals surface area (Å²) < 4.78 is 51.9. The van der Waals surface area contributed by atoms with Gasteiger partial charge in [-0.05, 0) is 60.9 Å². The van der Waals surface area contributed by atoms with E-state index < -0.39 is 20.0 Å². The molecule has 8 nitrogen and oxygen atoms in total. The average molecular weight is 508 g/mol. The Hall–Kier alpha value is -2.43. The highest BCUT2D eigenvalue weighted by molar-refractivity contribution is 7.92. The number of carbonyl (C=O) groups is 1. The highest BCUT2D eigenvalue weighted by atomic mass is 32.2. The standard InChI is InChI=1S/C24H33N3O5S2/c1-4-15-34(31,32)25-17-19-6-9-20(10-7-19)21-11-13-27(14-12-21)24(28)22-8-5-18(2)23(16-22)26-33(3,29)30/h5-10,16,21,25-26H,4,11-15,17H2,1-3H3. The van der Waals surface area contributed by atoms with Gasteiger partial charge >= 0.3 is 0 Å². The summed E-state index contributed by atoms with van der Waals surface area (Å²) in [6.45, 7) is 5.14. The summed E-state index contributed by atoms with van der Waals surface area (Å²) in [7, 11) is -6.66. The van der Waals surface area contributed by atoms with Crippen LogP contribution in [-0.2, 0) is 26.6 Å². The molecule has 186 valence electrons. The molecule has 3 rings (SSSR count). The topological polar surface area (TPSA) is 113 Å². The minimum absolute atomic E-state index is 0.107. The molecule has 1 aliphatic heterocycles. The Kier molecular flexibility index (Phi) is 8.38. The van der Waals surface area contributed by atoms with Gasteiger partial charge in [0.15, 0.2) is 0 Å². The van der Waals surface area contributed by atoms with Crippen molar-refractivity contribution in [3.8, 4) is 0 Å². The molecule has 10 heteroatoms. The first-order valence-corrected chi connectivity index (χ1v) is 15.0. The second kappa shape index (κ2) is 10.9. The lowest BCUT2D eigenvalue weighted by Gasteiger charge is -2.32. The smallest absolute Gasteiger partial charge is 0.253 e. The molecule has 1 aliphatic rings. The number of anilines is 1. The third-order valence-electron chi connectivity index (χ3n) is 5.98. The minimum atomic E-state index is -3.43. The van der Waals surface area contributed by atoms with E-state index >= 15 is 0 Å². The Morgan fingerprint density at radius 1 is 1.03 bits per heavy atom. The largest absolute Gasteiger partial charge is 0.339 e. The number of likely N-dealkylation sites (tertiary alicyclic amines) is 1. The number of nitrogens with zero attached hydrogens (tertiary/aromatic N) is 1. The average Bonchev–Trinajstić information content (AvgIpc) is 2.78. The first kappa shape index (κ1) is 26.2. The second-order valence-corrected chi connectivity index (χ2v) is 12.5. The number of hydrogen-bond donors (Lipinski definition) is 2. The van der Waals surface area contributed by atoms with Crippen molar-refractivity contribution in [2.24, 2.45) is 0 Å². The van der Waals surface area contributed by atoms with Gasteiger partial charge in [-0.25, -0.2) is 21.6 Å². The highest BCUT2D eigenvalue weighted by Gasteiger charge is 2.25.